The summed E-state index contributed by atoms with van der Waals surface area (Å²) in [6.07, 6.45) is 1.84. The van der Waals surface area contributed by atoms with E-state index in [0.717, 1.165) is 12.8 Å². The van der Waals surface area contributed by atoms with E-state index in [0.29, 0.717) is 24.4 Å². The molecular formula is C15H22N2O3. The summed E-state index contributed by atoms with van der Waals surface area (Å²) in [7, 11) is 3.30. The minimum Gasteiger partial charge on any atom is -0.497 e. The van der Waals surface area contributed by atoms with E-state index in [1.165, 1.54) is 0 Å². The lowest BCUT2D eigenvalue weighted by molar-refractivity contribution is 0.0139. The molecule has 2 rings (SSSR count). The largest absolute Gasteiger partial charge is 0.497 e. The van der Waals surface area contributed by atoms with Crippen LogP contribution >= 0.6 is 0 Å². The Hall–Kier alpha value is -1.59. The number of piperidine rings is 1. The second-order valence-corrected chi connectivity index (χ2v) is 5.00. The molecule has 2 atom stereocenters. The number of likely N-dealkylation sites (tertiary alicyclic amines) is 1. The first kappa shape index (κ1) is 14.8. The summed E-state index contributed by atoms with van der Waals surface area (Å²) in [6.45, 7) is 1.13. The van der Waals surface area contributed by atoms with E-state index >= 15 is 0 Å². The lowest BCUT2D eigenvalue weighted by Gasteiger charge is -2.38. The minimum absolute atomic E-state index is 0.00824. The summed E-state index contributed by atoms with van der Waals surface area (Å²) in [4.78, 5) is 14.5. The highest BCUT2D eigenvalue weighted by Crippen LogP contribution is 2.22. The van der Waals surface area contributed by atoms with Crippen LogP contribution in [0.1, 0.15) is 23.2 Å². The maximum absolute atomic E-state index is 12.6. The number of methoxy groups -OCH3 is 2. The first-order valence-electron chi connectivity index (χ1n) is 6.87. The number of hydrogen-bond donors (Lipinski definition) is 1. The van der Waals surface area contributed by atoms with Gasteiger partial charge in [0.2, 0.25) is 0 Å². The number of ether oxygens (including phenoxy) is 2. The normalized spacial score (nSPS) is 22.6. The van der Waals surface area contributed by atoms with Crippen LogP contribution in [-0.4, -0.2) is 50.3 Å². The van der Waals surface area contributed by atoms with Gasteiger partial charge in [-0.3, -0.25) is 4.79 Å². The molecule has 1 aliphatic heterocycles. The Kier molecular flexibility index (Phi) is 4.98. The number of nitrogens with zero attached hydrogens (tertiary/aromatic N) is 1. The molecule has 1 amide bonds. The lowest BCUT2D eigenvalue weighted by atomic mass is 9.98. The zero-order chi connectivity index (χ0) is 14.5. The average molecular weight is 278 g/mol. The van der Waals surface area contributed by atoms with E-state index in [9.17, 15) is 4.79 Å². The molecule has 5 nitrogen and oxygen atoms in total. The predicted molar refractivity (Wildman–Crippen MR) is 76.9 cm³/mol. The van der Waals surface area contributed by atoms with Gasteiger partial charge in [0.05, 0.1) is 13.2 Å². The molecule has 2 N–H and O–H groups in total. The molecule has 1 aromatic rings. The lowest BCUT2D eigenvalue weighted by Crippen LogP contribution is -2.51. The zero-order valence-corrected chi connectivity index (χ0v) is 12.0. The Bertz CT molecular complexity index is 464. The third-order valence-electron chi connectivity index (χ3n) is 3.85. The van der Waals surface area contributed by atoms with Gasteiger partial charge in [-0.1, -0.05) is 6.07 Å². The molecule has 1 fully saturated rings. The molecule has 110 valence electrons. The van der Waals surface area contributed by atoms with Crippen molar-refractivity contribution in [3.8, 4) is 5.75 Å². The van der Waals surface area contributed by atoms with Gasteiger partial charge in [0, 0.05) is 31.8 Å². The molecule has 1 aliphatic rings. The van der Waals surface area contributed by atoms with Gasteiger partial charge in [0.1, 0.15) is 5.75 Å². The van der Waals surface area contributed by atoms with Crippen LogP contribution in [0.15, 0.2) is 24.3 Å². The molecule has 0 saturated carbocycles. The summed E-state index contributed by atoms with van der Waals surface area (Å²) in [6, 6.07) is 7.26. The van der Waals surface area contributed by atoms with Crippen molar-refractivity contribution >= 4 is 5.91 Å². The van der Waals surface area contributed by atoms with Crippen LogP contribution in [0.2, 0.25) is 0 Å². The molecule has 0 bridgehead atoms. The molecule has 1 heterocycles. The van der Waals surface area contributed by atoms with E-state index < -0.39 is 0 Å². The number of hydrogen-bond acceptors (Lipinski definition) is 4. The fourth-order valence-corrected chi connectivity index (χ4v) is 2.64. The first-order valence-corrected chi connectivity index (χ1v) is 6.87. The van der Waals surface area contributed by atoms with Crippen molar-refractivity contribution in [3.05, 3.63) is 29.8 Å². The standard InChI is InChI=1S/C15H22N2O3/c1-19-13-5-3-4-11(8-13)15(18)17-7-6-14(20-2)9-12(17)10-16/h3-5,8,12,14H,6-7,9-10,16H2,1-2H3. The van der Waals surface area contributed by atoms with E-state index in [-0.39, 0.29) is 18.1 Å². The van der Waals surface area contributed by atoms with Gasteiger partial charge < -0.3 is 20.1 Å². The summed E-state index contributed by atoms with van der Waals surface area (Å²) >= 11 is 0. The van der Waals surface area contributed by atoms with Crippen molar-refractivity contribution in [3.63, 3.8) is 0 Å². The quantitative estimate of drug-likeness (QED) is 0.901. The molecule has 1 saturated heterocycles. The van der Waals surface area contributed by atoms with Gasteiger partial charge in [0.15, 0.2) is 0 Å². The molecular weight excluding hydrogens is 256 g/mol. The third kappa shape index (κ3) is 3.11. The Labute approximate surface area is 119 Å². The van der Waals surface area contributed by atoms with Crippen LogP contribution in [0.4, 0.5) is 0 Å². The van der Waals surface area contributed by atoms with Crippen LogP contribution in [0.5, 0.6) is 5.75 Å². The molecule has 0 aromatic heterocycles. The summed E-state index contributed by atoms with van der Waals surface area (Å²) in [5, 5.41) is 0. The van der Waals surface area contributed by atoms with E-state index in [4.69, 9.17) is 15.2 Å². The Balaban J connectivity index is 2.14. The first-order chi connectivity index (χ1) is 9.69. The molecule has 20 heavy (non-hydrogen) atoms. The van der Waals surface area contributed by atoms with Crippen molar-refractivity contribution in [2.24, 2.45) is 5.73 Å². The summed E-state index contributed by atoms with van der Waals surface area (Å²) in [5.74, 6) is 0.695. The predicted octanol–water partition coefficient (Wildman–Crippen LogP) is 1.27. The van der Waals surface area contributed by atoms with Crippen LogP contribution in [0, 0.1) is 0 Å². The molecule has 0 aliphatic carbocycles. The third-order valence-corrected chi connectivity index (χ3v) is 3.85. The van der Waals surface area contributed by atoms with Gasteiger partial charge in [-0.05, 0) is 31.0 Å². The number of carbonyl (C=O) groups excluding carboxylic acids is 1. The highest BCUT2D eigenvalue weighted by atomic mass is 16.5. The van der Waals surface area contributed by atoms with Gasteiger partial charge in [0.25, 0.3) is 5.91 Å². The van der Waals surface area contributed by atoms with Gasteiger partial charge in [-0.25, -0.2) is 0 Å². The molecule has 0 radical (unpaired) electrons. The van der Waals surface area contributed by atoms with Crippen LogP contribution in [0.25, 0.3) is 0 Å². The fourth-order valence-electron chi connectivity index (χ4n) is 2.64. The van der Waals surface area contributed by atoms with Crippen molar-refractivity contribution in [2.45, 2.75) is 25.0 Å². The Morgan fingerprint density at radius 2 is 2.25 bits per heavy atom. The second kappa shape index (κ2) is 6.72. The minimum atomic E-state index is 0.00824. The van der Waals surface area contributed by atoms with Gasteiger partial charge >= 0.3 is 0 Å². The van der Waals surface area contributed by atoms with Crippen molar-refractivity contribution in [1.29, 1.82) is 0 Å². The monoisotopic (exact) mass is 278 g/mol. The number of amides is 1. The van der Waals surface area contributed by atoms with Crippen LogP contribution in [0.3, 0.4) is 0 Å². The Morgan fingerprint density at radius 3 is 2.90 bits per heavy atom. The molecule has 0 spiro atoms. The van der Waals surface area contributed by atoms with Crippen LogP contribution in [-0.2, 0) is 4.74 Å². The van der Waals surface area contributed by atoms with E-state index in [1.54, 1.807) is 26.4 Å². The van der Waals surface area contributed by atoms with E-state index in [2.05, 4.69) is 0 Å². The van der Waals surface area contributed by atoms with E-state index in [1.807, 2.05) is 17.0 Å². The number of benzene rings is 1. The number of nitrogens with two attached hydrogens (primary N) is 1. The second-order valence-electron chi connectivity index (χ2n) is 5.00. The smallest absolute Gasteiger partial charge is 0.254 e. The number of carbonyl (C=O) groups is 1. The van der Waals surface area contributed by atoms with Gasteiger partial charge in [-0.15, -0.1) is 0 Å². The highest BCUT2D eigenvalue weighted by Gasteiger charge is 2.31. The van der Waals surface area contributed by atoms with Crippen LogP contribution < -0.4 is 10.5 Å². The maximum Gasteiger partial charge on any atom is 0.254 e. The molecule has 1 aromatic carbocycles. The molecule has 5 heteroatoms. The Morgan fingerprint density at radius 1 is 1.45 bits per heavy atom. The molecule has 2 unspecified atom stereocenters. The SMILES string of the molecule is COc1cccc(C(=O)N2CCC(OC)CC2CN)c1. The van der Waals surface area contributed by atoms with Crippen molar-refractivity contribution in [2.75, 3.05) is 27.3 Å². The topological polar surface area (TPSA) is 64.8 Å². The maximum atomic E-state index is 12.6. The van der Waals surface area contributed by atoms with Gasteiger partial charge in [-0.2, -0.15) is 0 Å². The summed E-state index contributed by atoms with van der Waals surface area (Å²) in [5.41, 5.74) is 6.45. The summed E-state index contributed by atoms with van der Waals surface area (Å²) < 4.78 is 10.5. The van der Waals surface area contributed by atoms with Crippen molar-refractivity contribution < 1.29 is 14.3 Å². The average Bonchev–Trinajstić information content (AvgIpc) is 2.53. The number of rotatable bonds is 4. The zero-order valence-electron chi connectivity index (χ0n) is 12.0. The highest BCUT2D eigenvalue weighted by molar-refractivity contribution is 5.94. The van der Waals surface area contributed by atoms with Crippen molar-refractivity contribution in [1.82, 2.24) is 4.90 Å². The fraction of sp³-hybridized carbons (Fsp3) is 0.533.